The van der Waals surface area contributed by atoms with Gasteiger partial charge >= 0.3 is 0 Å². The van der Waals surface area contributed by atoms with E-state index in [0.717, 1.165) is 24.8 Å². The molecule has 0 aromatic heterocycles. The number of carbonyl (C=O) groups excluding carboxylic acids is 2. The molecule has 1 heterocycles. The van der Waals surface area contributed by atoms with Crippen LogP contribution in [0.15, 0.2) is 66.7 Å². The van der Waals surface area contributed by atoms with Crippen molar-refractivity contribution in [3.8, 4) is 5.75 Å². The van der Waals surface area contributed by atoms with E-state index in [0.29, 0.717) is 17.7 Å². The molecule has 3 atom stereocenters. The lowest BCUT2D eigenvalue weighted by atomic mass is 10.0. The average Bonchev–Trinajstić information content (AvgIpc) is 2.79. The van der Waals surface area contributed by atoms with E-state index < -0.39 is 6.04 Å². The van der Waals surface area contributed by atoms with Gasteiger partial charge in [-0.2, -0.15) is 0 Å². The highest BCUT2D eigenvalue weighted by atomic mass is 16.5. The predicted molar refractivity (Wildman–Crippen MR) is 123 cm³/mol. The summed E-state index contributed by atoms with van der Waals surface area (Å²) in [6.07, 6.45) is 6.88. The molecule has 31 heavy (non-hydrogen) atoms. The number of rotatable bonds is 3. The van der Waals surface area contributed by atoms with Crippen molar-refractivity contribution in [2.45, 2.75) is 57.7 Å². The van der Waals surface area contributed by atoms with Gasteiger partial charge < -0.3 is 15.0 Å². The molecule has 3 rings (SSSR count). The molecule has 2 amide bonds. The second kappa shape index (κ2) is 10.8. The monoisotopic (exact) mass is 420 g/mol. The van der Waals surface area contributed by atoms with Crippen molar-refractivity contribution in [3.05, 3.63) is 77.9 Å². The molecular weight excluding hydrogens is 388 g/mol. The Morgan fingerprint density at radius 2 is 1.68 bits per heavy atom. The molecule has 5 nitrogen and oxygen atoms in total. The number of benzene rings is 2. The summed E-state index contributed by atoms with van der Waals surface area (Å²) in [6, 6.07) is 16.5. The molecule has 0 radical (unpaired) electrons. The number of para-hydroxylation sites is 1. The Kier molecular flexibility index (Phi) is 7.88. The summed E-state index contributed by atoms with van der Waals surface area (Å²) < 4.78 is 6.09. The molecule has 1 aliphatic rings. The molecule has 2 aromatic carbocycles. The van der Waals surface area contributed by atoms with Crippen LogP contribution in [0.3, 0.4) is 0 Å². The zero-order chi connectivity index (χ0) is 22.2. The molecule has 0 bridgehead atoms. The van der Waals surface area contributed by atoms with Gasteiger partial charge in [-0.3, -0.25) is 9.59 Å². The van der Waals surface area contributed by atoms with Crippen molar-refractivity contribution in [2.75, 3.05) is 7.05 Å². The third-order valence-corrected chi connectivity index (χ3v) is 5.70. The summed E-state index contributed by atoms with van der Waals surface area (Å²) in [5.74, 6) is 0.186. The van der Waals surface area contributed by atoms with Crippen molar-refractivity contribution < 1.29 is 14.3 Å². The largest absolute Gasteiger partial charge is 0.490 e. The number of amides is 2. The number of fused-ring (bicyclic) bond motifs is 1. The number of hydrogen-bond donors (Lipinski definition) is 1. The fraction of sp³-hybridized carbons (Fsp3) is 0.385. The van der Waals surface area contributed by atoms with E-state index in [1.807, 2.05) is 55.5 Å². The minimum absolute atomic E-state index is 0.0250. The summed E-state index contributed by atoms with van der Waals surface area (Å²) in [4.78, 5) is 28.3. The Labute approximate surface area is 185 Å². The second-order valence-corrected chi connectivity index (χ2v) is 8.10. The van der Waals surface area contributed by atoms with Crippen LogP contribution in [0.4, 0.5) is 0 Å². The predicted octanol–water partition coefficient (Wildman–Crippen LogP) is 4.38. The molecule has 0 saturated heterocycles. The van der Waals surface area contributed by atoms with E-state index in [-0.39, 0.29) is 24.0 Å². The molecule has 1 aliphatic heterocycles. The molecule has 0 fully saturated rings. The van der Waals surface area contributed by atoms with E-state index in [1.165, 1.54) is 0 Å². The van der Waals surface area contributed by atoms with Gasteiger partial charge in [0.25, 0.3) is 5.91 Å². The third kappa shape index (κ3) is 5.97. The van der Waals surface area contributed by atoms with Crippen LogP contribution in [0.2, 0.25) is 0 Å². The van der Waals surface area contributed by atoms with Crippen LogP contribution in [0.25, 0.3) is 0 Å². The first kappa shape index (κ1) is 22.6. The summed E-state index contributed by atoms with van der Waals surface area (Å²) in [5.41, 5.74) is 1.48. The van der Waals surface area contributed by atoms with Crippen molar-refractivity contribution in [1.82, 2.24) is 10.2 Å². The number of hydrogen-bond acceptors (Lipinski definition) is 3. The Balaban J connectivity index is 1.98. The maximum atomic E-state index is 13.5. The number of carbonyl (C=O) groups is 2. The van der Waals surface area contributed by atoms with E-state index in [1.54, 1.807) is 18.0 Å². The highest BCUT2D eigenvalue weighted by molar-refractivity contribution is 5.99. The topological polar surface area (TPSA) is 58.6 Å². The Morgan fingerprint density at radius 3 is 2.42 bits per heavy atom. The Bertz CT molecular complexity index is 910. The molecule has 0 saturated carbocycles. The number of nitrogens with zero attached hydrogens (tertiary/aromatic N) is 1. The van der Waals surface area contributed by atoms with Crippen molar-refractivity contribution >= 4 is 11.8 Å². The Morgan fingerprint density at radius 1 is 1.00 bits per heavy atom. The average molecular weight is 421 g/mol. The van der Waals surface area contributed by atoms with E-state index in [4.69, 9.17) is 4.74 Å². The van der Waals surface area contributed by atoms with Crippen LogP contribution in [0, 0.1) is 0 Å². The molecule has 5 heteroatoms. The van der Waals surface area contributed by atoms with Gasteiger partial charge in [-0.15, -0.1) is 0 Å². The third-order valence-electron chi connectivity index (χ3n) is 5.70. The van der Waals surface area contributed by atoms with Gasteiger partial charge in [0.15, 0.2) is 0 Å². The lowest BCUT2D eigenvalue weighted by molar-refractivity contribution is -0.126. The van der Waals surface area contributed by atoms with Gasteiger partial charge in [-0.25, -0.2) is 0 Å². The molecule has 2 aromatic rings. The zero-order valence-electron chi connectivity index (χ0n) is 18.6. The summed E-state index contributed by atoms with van der Waals surface area (Å²) >= 11 is 0. The van der Waals surface area contributed by atoms with Crippen LogP contribution in [-0.4, -0.2) is 41.9 Å². The molecule has 0 unspecified atom stereocenters. The van der Waals surface area contributed by atoms with Crippen LogP contribution in [0.1, 0.15) is 49.0 Å². The van der Waals surface area contributed by atoms with Gasteiger partial charge in [-0.05, 0) is 37.5 Å². The number of nitrogens with one attached hydrogen (secondary N) is 1. The highest BCUT2D eigenvalue weighted by Gasteiger charge is 2.30. The van der Waals surface area contributed by atoms with Crippen molar-refractivity contribution in [1.29, 1.82) is 0 Å². The molecule has 0 aliphatic carbocycles. The molecule has 1 N–H and O–H groups in total. The second-order valence-electron chi connectivity index (χ2n) is 8.10. The number of ether oxygens (including phenoxy) is 1. The first-order chi connectivity index (χ1) is 15.0. The Hall–Kier alpha value is -3.08. The highest BCUT2D eigenvalue weighted by Crippen LogP contribution is 2.23. The molecule has 0 spiro atoms. The van der Waals surface area contributed by atoms with Gasteiger partial charge in [-0.1, -0.05) is 61.5 Å². The minimum Gasteiger partial charge on any atom is -0.490 e. The quantitative estimate of drug-likeness (QED) is 0.750. The fourth-order valence-corrected chi connectivity index (χ4v) is 3.76. The molecule has 164 valence electrons. The van der Waals surface area contributed by atoms with E-state index in [2.05, 4.69) is 24.4 Å². The number of likely N-dealkylation sites (N-methyl/N-ethyl adjacent to an activating group) is 1. The maximum Gasteiger partial charge on any atom is 0.258 e. The zero-order valence-corrected chi connectivity index (χ0v) is 18.6. The van der Waals surface area contributed by atoms with Gasteiger partial charge in [0, 0.05) is 25.9 Å². The first-order valence-corrected chi connectivity index (χ1v) is 11.0. The fourth-order valence-electron chi connectivity index (χ4n) is 3.76. The smallest absolute Gasteiger partial charge is 0.258 e. The van der Waals surface area contributed by atoms with E-state index in [9.17, 15) is 9.59 Å². The lowest BCUT2D eigenvalue weighted by Crippen LogP contribution is -2.51. The lowest BCUT2D eigenvalue weighted by Gasteiger charge is -2.30. The maximum absolute atomic E-state index is 13.5. The van der Waals surface area contributed by atoms with Crippen molar-refractivity contribution in [2.24, 2.45) is 0 Å². The van der Waals surface area contributed by atoms with Gasteiger partial charge in [0.1, 0.15) is 11.8 Å². The summed E-state index contributed by atoms with van der Waals surface area (Å²) in [5, 5.41) is 3.16. The summed E-state index contributed by atoms with van der Waals surface area (Å²) in [6.45, 7) is 4.06. The summed E-state index contributed by atoms with van der Waals surface area (Å²) in [7, 11) is 1.70. The standard InChI is InChI=1S/C26H32N2O3/c1-4-21-15-9-8-12-19(2)31-24-17-11-10-16-22(24)26(30)28(3)23(25(29)27-21)18-20-13-6-5-7-14-20/h5-11,13-14,16-17,19,21,23H,4,12,15,18H2,1-3H3,(H,27,29)/b9-8-/t19-,21-,23-/m0/s1. The first-order valence-electron chi connectivity index (χ1n) is 11.0. The van der Waals surface area contributed by atoms with Crippen LogP contribution in [0.5, 0.6) is 5.75 Å². The normalized spacial score (nSPS) is 23.8. The van der Waals surface area contributed by atoms with Crippen LogP contribution in [-0.2, 0) is 11.2 Å². The van der Waals surface area contributed by atoms with Crippen LogP contribution < -0.4 is 10.1 Å². The van der Waals surface area contributed by atoms with E-state index >= 15 is 0 Å². The van der Waals surface area contributed by atoms with Crippen LogP contribution >= 0.6 is 0 Å². The van der Waals surface area contributed by atoms with Gasteiger partial charge in [0.2, 0.25) is 5.91 Å². The molecular formula is C26H32N2O3. The van der Waals surface area contributed by atoms with Gasteiger partial charge in [0.05, 0.1) is 11.7 Å². The minimum atomic E-state index is -0.624. The SMILES string of the molecule is CC[C@H]1C/C=C\C[C@H](C)Oc2ccccc2C(=O)N(C)[C@@H](Cc2ccccc2)C(=O)N1. The van der Waals surface area contributed by atoms with Crippen molar-refractivity contribution in [3.63, 3.8) is 0 Å².